The van der Waals surface area contributed by atoms with Crippen LogP contribution in [0.5, 0.6) is 5.75 Å². The largest absolute Gasteiger partial charge is 0.496 e. The van der Waals surface area contributed by atoms with Gasteiger partial charge in [-0.3, -0.25) is 4.79 Å². The minimum Gasteiger partial charge on any atom is -0.496 e. The molecule has 2 rings (SSSR count). The maximum absolute atomic E-state index is 12.5. The molecule has 0 saturated carbocycles. The van der Waals surface area contributed by atoms with E-state index in [1.54, 1.807) is 13.2 Å². The zero-order valence-corrected chi connectivity index (χ0v) is 12.8. The maximum Gasteiger partial charge on any atom is 0.254 e. The van der Waals surface area contributed by atoms with Crippen LogP contribution < -0.4 is 4.74 Å². The molecular weight excluding hydrogens is 310 g/mol. The minimum absolute atomic E-state index is 0.0334. The van der Waals surface area contributed by atoms with E-state index >= 15 is 0 Å². The van der Waals surface area contributed by atoms with E-state index in [0.717, 1.165) is 16.6 Å². The molecule has 4 nitrogen and oxygen atoms in total. The van der Waals surface area contributed by atoms with Gasteiger partial charge in [-0.25, -0.2) is 0 Å². The van der Waals surface area contributed by atoms with Crippen LogP contribution in [0.15, 0.2) is 18.2 Å². The van der Waals surface area contributed by atoms with Gasteiger partial charge >= 0.3 is 0 Å². The Labute approximate surface area is 121 Å². The molecule has 1 aliphatic rings. The number of rotatable bonds is 3. The zero-order valence-electron chi connectivity index (χ0n) is 11.2. The van der Waals surface area contributed by atoms with E-state index in [1.807, 2.05) is 24.0 Å². The Morgan fingerprint density at radius 1 is 1.58 bits per heavy atom. The molecule has 1 amide bonds. The summed E-state index contributed by atoms with van der Waals surface area (Å²) in [6.07, 6.45) is 0. The van der Waals surface area contributed by atoms with E-state index in [2.05, 4.69) is 15.9 Å². The Bertz CT molecular complexity index is 464. The molecule has 1 aliphatic heterocycles. The van der Waals surface area contributed by atoms with Crippen molar-refractivity contribution in [2.75, 3.05) is 32.2 Å². The fraction of sp³-hybridized carbons (Fsp3) is 0.500. The SMILES string of the molecule is COc1cc(C(=O)N2CCOCC2CBr)ccc1C. The molecule has 0 radical (unpaired) electrons. The van der Waals surface area contributed by atoms with E-state index in [1.165, 1.54) is 0 Å². The number of halogens is 1. The molecule has 0 aromatic heterocycles. The van der Waals surface area contributed by atoms with Crippen LogP contribution in [-0.4, -0.2) is 49.0 Å². The Morgan fingerprint density at radius 3 is 3.05 bits per heavy atom. The average Bonchev–Trinajstić information content (AvgIpc) is 2.47. The van der Waals surface area contributed by atoms with Crippen molar-refractivity contribution in [3.63, 3.8) is 0 Å². The van der Waals surface area contributed by atoms with E-state index < -0.39 is 0 Å². The highest BCUT2D eigenvalue weighted by Gasteiger charge is 2.27. The fourth-order valence-electron chi connectivity index (χ4n) is 2.17. The quantitative estimate of drug-likeness (QED) is 0.799. The monoisotopic (exact) mass is 327 g/mol. The summed E-state index contributed by atoms with van der Waals surface area (Å²) in [6.45, 7) is 3.77. The van der Waals surface area contributed by atoms with Crippen molar-refractivity contribution in [1.82, 2.24) is 4.90 Å². The topological polar surface area (TPSA) is 38.8 Å². The van der Waals surface area contributed by atoms with Gasteiger partial charge in [0.25, 0.3) is 5.91 Å². The molecule has 1 heterocycles. The van der Waals surface area contributed by atoms with Crippen molar-refractivity contribution in [3.05, 3.63) is 29.3 Å². The van der Waals surface area contributed by atoms with Crippen LogP contribution in [0.2, 0.25) is 0 Å². The first-order valence-electron chi connectivity index (χ1n) is 6.26. The van der Waals surface area contributed by atoms with E-state index in [4.69, 9.17) is 9.47 Å². The van der Waals surface area contributed by atoms with Gasteiger partial charge in [0.15, 0.2) is 0 Å². The van der Waals surface area contributed by atoms with Gasteiger partial charge in [-0.2, -0.15) is 0 Å². The maximum atomic E-state index is 12.5. The number of hydrogen-bond donors (Lipinski definition) is 0. The van der Waals surface area contributed by atoms with E-state index in [-0.39, 0.29) is 11.9 Å². The molecule has 1 fully saturated rings. The van der Waals surface area contributed by atoms with Crippen molar-refractivity contribution < 1.29 is 14.3 Å². The predicted molar refractivity (Wildman–Crippen MR) is 77.2 cm³/mol. The predicted octanol–water partition coefficient (Wildman–Crippen LogP) is 2.24. The Hall–Kier alpha value is -1.07. The molecule has 104 valence electrons. The molecule has 0 aliphatic carbocycles. The smallest absolute Gasteiger partial charge is 0.254 e. The summed E-state index contributed by atoms with van der Waals surface area (Å²) in [4.78, 5) is 14.4. The lowest BCUT2D eigenvalue weighted by atomic mass is 10.1. The summed E-state index contributed by atoms with van der Waals surface area (Å²) in [6, 6.07) is 5.66. The molecule has 0 spiro atoms. The number of benzene rings is 1. The third-order valence-electron chi connectivity index (χ3n) is 3.32. The Kier molecular flexibility index (Phi) is 4.82. The third-order valence-corrected chi connectivity index (χ3v) is 4.07. The van der Waals surface area contributed by atoms with Gasteiger partial charge in [-0.05, 0) is 24.6 Å². The first kappa shape index (κ1) is 14.3. The Morgan fingerprint density at radius 2 is 2.37 bits per heavy atom. The van der Waals surface area contributed by atoms with Gasteiger partial charge < -0.3 is 14.4 Å². The number of alkyl halides is 1. The molecule has 1 unspecified atom stereocenters. The van der Waals surface area contributed by atoms with Crippen molar-refractivity contribution in [2.24, 2.45) is 0 Å². The number of carbonyl (C=O) groups excluding carboxylic acids is 1. The number of amides is 1. The standard InChI is InChI=1S/C14H18BrNO3/c1-10-3-4-11(7-13(10)18-2)14(17)16-5-6-19-9-12(16)8-15/h3-4,7,12H,5-6,8-9H2,1-2H3. The Balaban J connectivity index is 2.22. The second-order valence-corrected chi connectivity index (χ2v) is 5.21. The molecule has 1 aromatic rings. The van der Waals surface area contributed by atoms with Gasteiger partial charge in [0.05, 0.1) is 26.4 Å². The molecule has 5 heteroatoms. The highest BCUT2D eigenvalue weighted by molar-refractivity contribution is 9.09. The highest BCUT2D eigenvalue weighted by Crippen LogP contribution is 2.21. The number of carbonyl (C=O) groups is 1. The van der Waals surface area contributed by atoms with Crippen LogP contribution >= 0.6 is 15.9 Å². The molecule has 1 saturated heterocycles. The molecule has 0 bridgehead atoms. The zero-order chi connectivity index (χ0) is 13.8. The average molecular weight is 328 g/mol. The van der Waals surface area contributed by atoms with Gasteiger partial charge in [0, 0.05) is 17.4 Å². The second kappa shape index (κ2) is 6.39. The normalized spacial score (nSPS) is 19.3. The summed E-state index contributed by atoms with van der Waals surface area (Å²) >= 11 is 3.43. The first-order valence-corrected chi connectivity index (χ1v) is 7.39. The summed E-state index contributed by atoms with van der Waals surface area (Å²) in [5.41, 5.74) is 1.69. The molecule has 19 heavy (non-hydrogen) atoms. The van der Waals surface area contributed by atoms with E-state index in [9.17, 15) is 4.79 Å². The van der Waals surface area contributed by atoms with Crippen LogP contribution in [0.4, 0.5) is 0 Å². The third kappa shape index (κ3) is 3.09. The van der Waals surface area contributed by atoms with Crippen molar-refractivity contribution in [1.29, 1.82) is 0 Å². The lowest BCUT2D eigenvalue weighted by Gasteiger charge is -2.34. The van der Waals surface area contributed by atoms with Crippen molar-refractivity contribution in [2.45, 2.75) is 13.0 Å². The molecular formula is C14H18BrNO3. The van der Waals surface area contributed by atoms with Gasteiger partial charge in [-0.1, -0.05) is 22.0 Å². The number of aryl methyl sites for hydroxylation is 1. The summed E-state index contributed by atoms with van der Waals surface area (Å²) < 4.78 is 10.7. The van der Waals surface area contributed by atoms with Gasteiger partial charge in [-0.15, -0.1) is 0 Å². The molecule has 1 aromatic carbocycles. The minimum atomic E-state index is 0.0334. The number of methoxy groups -OCH3 is 1. The lowest BCUT2D eigenvalue weighted by molar-refractivity contribution is 0.00523. The van der Waals surface area contributed by atoms with Crippen LogP contribution in [0.25, 0.3) is 0 Å². The highest BCUT2D eigenvalue weighted by atomic mass is 79.9. The fourth-order valence-corrected chi connectivity index (χ4v) is 2.71. The summed E-state index contributed by atoms with van der Waals surface area (Å²) in [5, 5.41) is 0.724. The van der Waals surface area contributed by atoms with Crippen LogP contribution in [-0.2, 0) is 4.74 Å². The summed E-state index contributed by atoms with van der Waals surface area (Å²) in [5.74, 6) is 0.778. The number of nitrogens with zero attached hydrogens (tertiary/aromatic N) is 1. The second-order valence-electron chi connectivity index (χ2n) is 4.57. The number of hydrogen-bond acceptors (Lipinski definition) is 3. The molecule has 1 atom stereocenters. The van der Waals surface area contributed by atoms with Gasteiger partial charge in [0.1, 0.15) is 5.75 Å². The summed E-state index contributed by atoms with van der Waals surface area (Å²) in [7, 11) is 1.62. The van der Waals surface area contributed by atoms with Crippen LogP contribution in [0.1, 0.15) is 15.9 Å². The van der Waals surface area contributed by atoms with E-state index in [0.29, 0.717) is 25.3 Å². The number of morpholine rings is 1. The first-order chi connectivity index (χ1) is 9.17. The van der Waals surface area contributed by atoms with Crippen LogP contribution in [0.3, 0.4) is 0 Å². The van der Waals surface area contributed by atoms with Gasteiger partial charge in [0.2, 0.25) is 0 Å². The molecule has 0 N–H and O–H groups in total. The van der Waals surface area contributed by atoms with Crippen molar-refractivity contribution >= 4 is 21.8 Å². The lowest BCUT2D eigenvalue weighted by Crippen LogP contribution is -2.49. The van der Waals surface area contributed by atoms with Crippen LogP contribution in [0, 0.1) is 6.92 Å². The number of ether oxygens (including phenoxy) is 2. The van der Waals surface area contributed by atoms with Crippen molar-refractivity contribution in [3.8, 4) is 5.75 Å².